The SMILES string of the molecule is CCOC(=O)N1CCCN(C2CCCc3ccccc32)CC1. The fourth-order valence-corrected chi connectivity index (χ4v) is 3.75. The number of hydrogen-bond donors (Lipinski definition) is 0. The molecule has 1 amide bonds. The zero-order valence-corrected chi connectivity index (χ0v) is 13.5. The molecule has 1 saturated heterocycles. The van der Waals surface area contributed by atoms with Gasteiger partial charge in [0, 0.05) is 32.2 Å². The Bertz CT molecular complexity index is 518. The van der Waals surface area contributed by atoms with Gasteiger partial charge in [0.2, 0.25) is 0 Å². The van der Waals surface area contributed by atoms with Crippen LogP contribution in [-0.2, 0) is 11.2 Å². The van der Waals surface area contributed by atoms with Crippen LogP contribution in [0.1, 0.15) is 43.4 Å². The molecular weight excluding hydrogens is 276 g/mol. The second-order valence-electron chi connectivity index (χ2n) is 6.18. The van der Waals surface area contributed by atoms with E-state index in [0.717, 1.165) is 32.6 Å². The highest BCUT2D eigenvalue weighted by molar-refractivity contribution is 5.67. The molecule has 0 N–H and O–H groups in total. The third-order valence-electron chi connectivity index (χ3n) is 4.84. The highest BCUT2D eigenvalue weighted by Gasteiger charge is 2.28. The number of rotatable bonds is 2. The first kappa shape index (κ1) is 15.3. The predicted octanol–water partition coefficient (Wildman–Crippen LogP) is 3.23. The Morgan fingerprint density at radius 3 is 2.91 bits per heavy atom. The van der Waals surface area contributed by atoms with Crippen LogP contribution in [0, 0.1) is 0 Å². The van der Waals surface area contributed by atoms with Gasteiger partial charge in [0.25, 0.3) is 0 Å². The van der Waals surface area contributed by atoms with Gasteiger partial charge in [0.15, 0.2) is 0 Å². The lowest BCUT2D eigenvalue weighted by molar-refractivity contribution is 0.107. The van der Waals surface area contributed by atoms with E-state index in [9.17, 15) is 4.79 Å². The predicted molar refractivity (Wildman–Crippen MR) is 86.9 cm³/mol. The fourth-order valence-electron chi connectivity index (χ4n) is 3.75. The van der Waals surface area contributed by atoms with Crippen LogP contribution in [0.15, 0.2) is 24.3 Å². The van der Waals surface area contributed by atoms with E-state index in [0.29, 0.717) is 12.6 Å². The topological polar surface area (TPSA) is 32.8 Å². The largest absolute Gasteiger partial charge is 0.450 e. The molecule has 3 rings (SSSR count). The average molecular weight is 302 g/mol. The number of hydrogen-bond acceptors (Lipinski definition) is 3. The van der Waals surface area contributed by atoms with E-state index in [1.54, 1.807) is 0 Å². The monoisotopic (exact) mass is 302 g/mol. The number of carbonyl (C=O) groups is 1. The van der Waals surface area contributed by atoms with Crippen LogP contribution in [0.2, 0.25) is 0 Å². The first-order valence-corrected chi connectivity index (χ1v) is 8.53. The van der Waals surface area contributed by atoms with Gasteiger partial charge in [-0.15, -0.1) is 0 Å². The van der Waals surface area contributed by atoms with Gasteiger partial charge in [-0.3, -0.25) is 4.90 Å². The molecule has 1 aliphatic heterocycles. The lowest BCUT2D eigenvalue weighted by atomic mass is 9.87. The fraction of sp³-hybridized carbons (Fsp3) is 0.611. The first-order valence-electron chi connectivity index (χ1n) is 8.53. The molecule has 2 aliphatic rings. The second-order valence-corrected chi connectivity index (χ2v) is 6.18. The summed E-state index contributed by atoms with van der Waals surface area (Å²) >= 11 is 0. The van der Waals surface area contributed by atoms with Crippen LogP contribution in [-0.4, -0.2) is 48.7 Å². The summed E-state index contributed by atoms with van der Waals surface area (Å²) in [6, 6.07) is 9.37. The standard InChI is InChI=1S/C18H26N2O2/c1-2-22-18(21)20-12-6-11-19(13-14-20)17-10-5-8-15-7-3-4-9-16(15)17/h3-4,7,9,17H,2,5-6,8,10-14H2,1H3. The first-order chi connectivity index (χ1) is 10.8. The van der Waals surface area contributed by atoms with Gasteiger partial charge < -0.3 is 9.64 Å². The van der Waals surface area contributed by atoms with Gasteiger partial charge in [-0.1, -0.05) is 24.3 Å². The Kier molecular flexibility index (Phi) is 4.98. The molecule has 4 heteroatoms. The molecule has 22 heavy (non-hydrogen) atoms. The maximum atomic E-state index is 11.9. The number of aryl methyl sites for hydroxylation is 1. The van der Waals surface area contributed by atoms with Gasteiger partial charge in [0.1, 0.15) is 0 Å². The quantitative estimate of drug-likeness (QED) is 0.841. The van der Waals surface area contributed by atoms with Gasteiger partial charge in [0.05, 0.1) is 6.61 Å². The average Bonchev–Trinajstić information content (AvgIpc) is 2.80. The van der Waals surface area contributed by atoms with Crippen LogP contribution in [0.3, 0.4) is 0 Å². The van der Waals surface area contributed by atoms with Gasteiger partial charge in [-0.05, 0) is 43.7 Å². The lowest BCUT2D eigenvalue weighted by Crippen LogP contribution is -2.37. The molecule has 0 spiro atoms. The smallest absolute Gasteiger partial charge is 0.409 e. The van der Waals surface area contributed by atoms with Crippen molar-refractivity contribution < 1.29 is 9.53 Å². The summed E-state index contributed by atoms with van der Waals surface area (Å²) in [6.07, 6.45) is 4.57. The normalized spacial score (nSPS) is 22.8. The zero-order valence-electron chi connectivity index (χ0n) is 13.5. The zero-order chi connectivity index (χ0) is 15.4. The van der Waals surface area contributed by atoms with Crippen LogP contribution in [0.5, 0.6) is 0 Å². The molecule has 1 unspecified atom stereocenters. The Morgan fingerprint density at radius 2 is 2.05 bits per heavy atom. The maximum Gasteiger partial charge on any atom is 0.409 e. The Balaban J connectivity index is 1.68. The highest BCUT2D eigenvalue weighted by atomic mass is 16.6. The van der Waals surface area contributed by atoms with Gasteiger partial charge in [-0.2, -0.15) is 0 Å². The Morgan fingerprint density at radius 1 is 1.18 bits per heavy atom. The molecule has 1 aromatic carbocycles. The molecule has 1 heterocycles. The van der Waals surface area contributed by atoms with E-state index in [1.807, 2.05) is 11.8 Å². The Hall–Kier alpha value is -1.55. The molecule has 0 radical (unpaired) electrons. The van der Waals surface area contributed by atoms with Gasteiger partial charge >= 0.3 is 6.09 Å². The van der Waals surface area contributed by atoms with Crippen molar-refractivity contribution >= 4 is 6.09 Å². The number of ether oxygens (including phenoxy) is 1. The van der Waals surface area contributed by atoms with Crippen molar-refractivity contribution in [3.63, 3.8) is 0 Å². The van der Waals surface area contributed by atoms with Crippen LogP contribution in [0.4, 0.5) is 4.79 Å². The van der Waals surface area contributed by atoms with Crippen LogP contribution < -0.4 is 0 Å². The Labute approximate surface area is 133 Å². The van der Waals surface area contributed by atoms with Crippen LogP contribution >= 0.6 is 0 Å². The van der Waals surface area contributed by atoms with Crippen LogP contribution in [0.25, 0.3) is 0 Å². The third kappa shape index (κ3) is 3.27. The summed E-state index contributed by atoms with van der Waals surface area (Å²) < 4.78 is 5.14. The number of nitrogens with zero attached hydrogens (tertiary/aromatic N) is 2. The summed E-state index contributed by atoms with van der Waals surface area (Å²) in [5.74, 6) is 0. The summed E-state index contributed by atoms with van der Waals surface area (Å²) in [7, 11) is 0. The molecule has 1 aromatic rings. The minimum atomic E-state index is -0.159. The van der Waals surface area contributed by atoms with E-state index in [4.69, 9.17) is 4.74 Å². The van der Waals surface area contributed by atoms with Gasteiger partial charge in [-0.25, -0.2) is 4.79 Å². The highest BCUT2D eigenvalue weighted by Crippen LogP contribution is 2.34. The molecule has 120 valence electrons. The number of benzene rings is 1. The molecule has 0 aromatic heterocycles. The van der Waals surface area contributed by atoms with E-state index >= 15 is 0 Å². The minimum absolute atomic E-state index is 0.159. The summed E-state index contributed by atoms with van der Waals surface area (Å²) in [5, 5.41) is 0. The number of amides is 1. The number of fused-ring (bicyclic) bond motifs is 1. The molecular formula is C18H26N2O2. The lowest BCUT2D eigenvalue weighted by Gasteiger charge is -2.35. The molecule has 1 aliphatic carbocycles. The van der Waals surface area contributed by atoms with E-state index < -0.39 is 0 Å². The van der Waals surface area contributed by atoms with E-state index in [2.05, 4.69) is 29.2 Å². The van der Waals surface area contributed by atoms with Crippen molar-refractivity contribution in [3.05, 3.63) is 35.4 Å². The molecule has 1 atom stereocenters. The summed E-state index contributed by atoms with van der Waals surface area (Å²) in [6.45, 7) is 5.91. The molecule has 0 saturated carbocycles. The van der Waals surface area contributed by atoms with E-state index in [-0.39, 0.29) is 6.09 Å². The number of carbonyl (C=O) groups excluding carboxylic acids is 1. The van der Waals surface area contributed by atoms with Crippen molar-refractivity contribution in [2.75, 3.05) is 32.8 Å². The van der Waals surface area contributed by atoms with Crippen molar-refractivity contribution in [1.82, 2.24) is 9.80 Å². The third-order valence-corrected chi connectivity index (χ3v) is 4.84. The second kappa shape index (κ2) is 7.14. The maximum absolute atomic E-state index is 11.9. The van der Waals surface area contributed by atoms with Crippen molar-refractivity contribution in [2.45, 2.75) is 38.6 Å². The molecule has 4 nitrogen and oxygen atoms in total. The van der Waals surface area contributed by atoms with Crippen molar-refractivity contribution in [2.24, 2.45) is 0 Å². The van der Waals surface area contributed by atoms with Crippen molar-refractivity contribution in [1.29, 1.82) is 0 Å². The minimum Gasteiger partial charge on any atom is -0.450 e. The summed E-state index contributed by atoms with van der Waals surface area (Å²) in [4.78, 5) is 16.3. The van der Waals surface area contributed by atoms with E-state index in [1.165, 1.54) is 30.4 Å². The molecule has 0 bridgehead atoms. The van der Waals surface area contributed by atoms with Crippen molar-refractivity contribution in [3.8, 4) is 0 Å². The molecule has 1 fully saturated rings. The summed E-state index contributed by atoms with van der Waals surface area (Å²) in [5.41, 5.74) is 3.00.